The number of nitrogens with one attached hydrogen (secondary N) is 2. The minimum atomic E-state index is -0.928. The number of carbonyl (C=O) groups excluding carboxylic acids is 3. The Labute approximate surface area is 232 Å². The molecule has 0 aliphatic rings. The maximum absolute atomic E-state index is 13.9. The zero-order chi connectivity index (χ0) is 28.5. The highest BCUT2D eigenvalue weighted by atomic mass is 35.5. The second-order valence-corrected chi connectivity index (χ2v) is 11.1. The van der Waals surface area contributed by atoms with Crippen LogP contribution in [0.25, 0.3) is 0 Å². The number of nitrogens with zero attached hydrogens (tertiary/aromatic N) is 1. The van der Waals surface area contributed by atoms with E-state index >= 15 is 0 Å². The standard InChI is InChI=1S/C30H42ClN3O4/c1-8-9-10-11-19-34(28(36)22(4)32-29(37)38-30(5,6)7)26(23-17-15-20(2)16-18-23)27(35)33-25-21(3)13-12-14-24(25)31/h12-18,22,26H,8-11,19H2,1-7H3,(H,32,37)(H,33,35). The van der Waals surface area contributed by atoms with Crippen LogP contribution in [0.4, 0.5) is 10.5 Å². The third-order valence-electron chi connectivity index (χ3n) is 6.06. The Kier molecular flexibility index (Phi) is 11.6. The Balaban J connectivity index is 2.46. The van der Waals surface area contributed by atoms with Gasteiger partial charge in [-0.25, -0.2) is 4.79 Å². The zero-order valence-corrected chi connectivity index (χ0v) is 24.4. The van der Waals surface area contributed by atoms with Gasteiger partial charge in [-0.15, -0.1) is 0 Å². The van der Waals surface area contributed by atoms with Crippen LogP contribution in [0.1, 0.15) is 83.0 Å². The van der Waals surface area contributed by atoms with Gasteiger partial charge in [0.15, 0.2) is 0 Å². The third-order valence-corrected chi connectivity index (χ3v) is 6.38. The number of aryl methyl sites for hydroxylation is 2. The normalized spacial score (nSPS) is 12.8. The van der Waals surface area contributed by atoms with E-state index in [0.717, 1.165) is 36.8 Å². The van der Waals surface area contributed by atoms with Gasteiger partial charge in [-0.1, -0.05) is 79.7 Å². The van der Waals surface area contributed by atoms with E-state index in [-0.39, 0.29) is 11.8 Å². The van der Waals surface area contributed by atoms with Crippen molar-refractivity contribution in [2.75, 3.05) is 11.9 Å². The van der Waals surface area contributed by atoms with E-state index in [1.165, 1.54) is 0 Å². The molecular formula is C30H42ClN3O4. The summed E-state index contributed by atoms with van der Waals surface area (Å²) in [7, 11) is 0. The summed E-state index contributed by atoms with van der Waals surface area (Å²) in [6, 6.07) is 11.1. The molecule has 0 spiro atoms. The SMILES string of the molecule is CCCCCCN(C(=O)C(C)NC(=O)OC(C)(C)C)C(C(=O)Nc1c(C)cccc1Cl)c1ccc(C)cc1. The molecule has 0 bridgehead atoms. The van der Waals surface area contributed by atoms with Crippen LogP contribution in [0.2, 0.25) is 5.02 Å². The lowest BCUT2D eigenvalue weighted by molar-refractivity contribution is -0.140. The highest BCUT2D eigenvalue weighted by Crippen LogP contribution is 2.30. The molecule has 2 unspecified atom stereocenters. The van der Waals surface area contributed by atoms with Crippen molar-refractivity contribution in [3.8, 4) is 0 Å². The molecule has 2 atom stereocenters. The number of hydrogen-bond donors (Lipinski definition) is 2. The molecule has 0 saturated heterocycles. The molecule has 7 nitrogen and oxygen atoms in total. The van der Waals surface area contributed by atoms with E-state index in [1.807, 2.05) is 50.2 Å². The predicted octanol–water partition coefficient (Wildman–Crippen LogP) is 6.96. The Morgan fingerprint density at radius 1 is 1.00 bits per heavy atom. The van der Waals surface area contributed by atoms with Crippen LogP contribution in [-0.2, 0) is 14.3 Å². The van der Waals surface area contributed by atoms with Crippen LogP contribution < -0.4 is 10.6 Å². The molecule has 0 radical (unpaired) electrons. The quantitative estimate of drug-likeness (QED) is 0.300. The van der Waals surface area contributed by atoms with Gasteiger partial charge in [0.2, 0.25) is 5.91 Å². The lowest BCUT2D eigenvalue weighted by atomic mass is 10.0. The van der Waals surface area contributed by atoms with Gasteiger partial charge < -0.3 is 20.3 Å². The highest BCUT2D eigenvalue weighted by Gasteiger charge is 2.35. The van der Waals surface area contributed by atoms with Crippen molar-refractivity contribution < 1.29 is 19.1 Å². The Morgan fingerprint density at radius 2 is 1.66 bits per heavy atom. The number of amides is 3. The first-order chi connectivity index (χ1) is 17.8. The van der Waals surface area contributed by atoms with Crippen molar-refractivity contribution in [1.29, 1.82) is 0 Å². The van der Waals surface area contributed by atoms with Gasteiger partial charge in [-0.3, -0.25) is 9.59 Å². The summed E-state index contributed by atoms with van der Waals surface area (Å²) in [5.41, 5.74) is 2.33. The molecule has 0 heterocycles. The average molecular weight is 544 g/mol. The fourth-order valence-electron chi connectivity index (χ4n) is 4.07. The number of benzene rings is 2. The first-order valence-corrected chi connectivity index (χ1v) is 13.6. The molecule has 2 aromatic rings. The Bertz CT molecular complexity index is 1080. The topological polar surface area (TPSA) is 87.7 Å². The van der Waals surface area contributed by atoms with Gasteiger partial charge in [-0.05, 0) is 65.2 Å². The van der Waals surface area contributed by atoms with Crippen LogP contribution in [0, 0.1) is 13.8 Å². The number of alkyl carbamates (subject to hydrolysis) is 1. The van der Waals surface area contributed by atoms with Gasteiger partial charge >= 0.3 is 6.09 Å². The van der Waals surface area contributed by atoms with E-state index in [1.54, 1.807) is 38.7 Å². The fraction of sp³-hybridized carbons (Fsp3) is 0.500. The van der Waals surface area contributed by atoms with Crippen LogP contribution >= 0.6 is 11.6 Å². The second-order valence-electron chi connectivity index (χ2n) is 10.7. The van der Waals surface area contributed by atoms with Gasteiger partial charge in [0.05, 0.1) is 10.7 Å². The van der Waals surface area contributed by atoms with Crippen LogP contribution in [0.3, 0.4) is 0 Å². The van der Waals surface area contributed by atoms with Crippen molar-refractivity contribution in [3.63, 3.8) is 0 Å². The first kappa shape index (κ1) is 31.2. The molecule has 0 aliphatic heterocycles. The van der Waals surface area contributed by atoms with Crippen molar-refractivity contribution in [3.05, 3.63) is 64.2 Å². The lowest BCUT2D eigenvalue weighted by Crippen LogP contribution is -2.51. The highest BCUT2D eigenvalue weighted by molar-refractivity contribution is 6.34. The molecule has 0 aromatic heterocycles. The minimum Gasteiger partial charge on any atom is -0.444 e. The van der Waals surface area contributed by atoms with Crippen LogP contribution in [0.5, 0.6) is 0 Å². The molecule has 0 saturated carbocycles. The van der Waals surface area contributed by atoms with Gasteiger partial charge in [0.1, 0.15) is 17.7 Å². The van der Waals surface area contributed by atoms with Crippen LogP contribution in [0.15, 0.2) is 42.5 Å². The van der Waals surface area contributed by atoms with E-state index in [4.69, 9.17) is 16.3 Å². The van der Waals surface area contributed by atoms with Gasteiger partial charge in [0, 0.05) is 6.54 Å². The number of carbonyl (C=O) groups is 3. The summed E-state index contributed by atoms with van der Waals surface area (Å²) < 4.78 is 5.35. The van der Waals surface area contributed by atoms with Gasteiger partial charge in [-0.2, -0.15) is 0 Å². The van der Waals surface area contributed by atoms with Crippen LogP contribution in [-0.4, -0.2) is 41.0 Å². The molecular weight excluding hydrogens is 502 g/mol. The van der Waals surface area contributed by atoms with Crippen molar-refractivity contribution in [1.82, 2.24) is 10.2 Å². The summed E-state index contributed by atoms with van der Waals surface area (Å²) in [6.07, 6.45) is 3.01. The number of anilines is 1. The lowest BCUT2D eigenvalue weighted by Gasteiger charge is -2.34. The second kappa shape index (κ2) is 14.2. The molecule has 2 aromatic carbocycles. The van der Waals surface area contributed by atoms with Gasteiger partial charge in [0.25, 0.3) is 5.91 Å². The molecule has 8 heteroatoms. The first-order valence-electron chi connectivity index (χ1n) is 13.3. The summed E-state index contributed by atoms with van der Waals surface area (Å²) in [5, 5.41) is 6.02. The molecule has 208 valence electrons. The van der Waals surface area contributed by atoms with E-state index in [9.17, 15) is 14.4 Å². The molecule has 2 rings (SSSR count). The third kappa shape index (κ3) is 9.35. The summed E-state index contributed by atoms with van der Waals surface area (Å²) in [5.74, 6) is -0.748. The van der Waals surface area contributed by atoms with E-state index < -0.39 is 23.8 Å². The Hall–Kier alpha value is -3.06. The number of halogens is 1. The number of rotatable bonds is 11. The Morgan fingerprint density at radius 3 is 2.24 bits per heavy atom. The number of unbranched alkanes of at least 4 members (excludes halogenated alkanes) is 3. The summed E-state index contributed by atoms with van der Waals surface area (Å²) >= 11 is 6.41. The molecule has 38 heavy (non-hydrogen) atoms. The fourth-order valence-corrected chi connectivity index (χ4v) is 4.34. The van der Waals surface area contributed by atoms with E-state index in [0.29, 0.717) is 22.8 Å². The largest absolute Gasteiger partial charge is 0.444 e. The zero-order valence-electron chi connectivity index (χ0n) is 23.7. The molecule has 0 aliphatic carbocycles. The molecule has 3 amide bonds. The number of ether oxygens (including phenoxy) is 1. The molecule has 0 fully saturated rings. The van der Waals surface area contributed by atoms with Crippen molar-refractivity contribution in [2.24, 2.45) is 0 Å². The maximum atomic E-state index is 13.9. The maximum Gasteiger partial charge on any atom is 0.408 e. The smallest absolute Gasteiger partial charge is 0.408 e. The number of para-hydroxylation sites is 1. The van der Waals surface area contributed by atoms with Crippen molar-refractivity contribution >= 4 is 35.2 Å². The summed E-state index contributed by atoms with van der Waals surface area (Å²) in [6.45, 7) is 13.2. The number of hydrogen-bond acceptors (Lipinski definition) is 4. The minimum absolute atomic E-state index is 0.354. The predicted molar refractivity (Wildman–Crippen MR) is 153 cm³/mol. The monoisotopic (exact) mass is 543 g/mol. The van der Waals surface area contributed by atoms with Crippen molar-refractivity contribution in [2.45, 2.75) is 91.8 Å². The van der Waals surface area contributed by atoms with E-state index in [2.05, 4.69) is 17.6 Å². The summed E-state index contributed by atoms with van der Waals surface area (Å²) in [4.78, 5) is 41.7. The average Bonchev–Trinajstić information content (AvgIpc) is 2.82. The molecule has 2 N–H and O–H groups in total.